The van der Waals surface area contributed by atoms with Crippen LogP contribution in [-0.4, -0.2) is 30.5 Å². The fraction of sp³-hybridized carbons (Fsp3) is 0.692. The molecule has 0 aromatic carbocycles. The van der Waals surface area contributed by atoms with Crippen molar-refractivity contribution in [1.29, 1.82) is 0 Å². The van der Waals surface area contributed by atoms with E-state index in [2.05, 4.69) is 11.0 Å². The van der Waals surface area contributed by atoms with Crippen LogP contribution in [0.25, 0.3) is 0 Å². The first kappa shape index (κ1) is 15.9. The van der Waals surface area contributed by atoms with Crippen molar-refractivity contribution in [2.75, 3.05) is 6.26 Å². The van der Waals surface area contributed by atoms with Gasteiger partial charge < -0.3 is 10.3 Å². The molecule has 20 heavy (non-hydrogen) atoms. The molecule has 1 aromatic heterocycles. The van der Waals surface area contributed by atoms with E-state index in [1.54, 1.807) is 16.8 Å². The second-order valence-electron chi connectivity index (χ2n) is 5.31. The van der Waals surface area contributed by atoms with Crippen LogP contribution in [0.4, 0.5) is 0 Å². The van der Waals surface area contributed by atoms with Crippen molar-refractivity contribution in [2.24, 2.45) is 12.8 Å². The molecule has 0 saturated heterocycles. The van der Waals surface area contributed by atoms with Gasteiger partial charge in [0.25, 0.3) is 0 Å². The molecule has 0 atom stereocenters. The van der Waals surface area contributed by atoms with Gasteiger partial charge in [-0.3, -0.25) is 0 Å². The van der Waals surface area contributed by atoms with Crippen molar-refractivity contribution in [2.45, 2.75) is 48.4 Å². The Hall–Kier alpha value is -0.500. The van der Waals surface area contributed by atoms with Gasteiger partial charge in [0, 0.05) is 36.8 Å². The Labute approximate surface area is 125 Å². The monoisotopic (exact) mass is 317 g/mol. The summed E-state index contributed by atoms with van der Waals surface area (Å²) in [6.07, 6.45) is 7.74. The summed E-state index contributed by atoms with van der Waals surface area (Å²) in [6, 6.07) is 1.71. The highest BCUT2D eigenvalue weighted by molar-refractivity contribution is 7.99. The number of nitrogens with zero attached hydrogens (tertiary/aromatic N) is 1. The number of hydrogen-bond donors (Lipinski definition) is 2. The first-order valence-electron chi connectivity index (χ1n) is 6.86. The minimum absolute atomic E-state index is 0.0601. The quantitative estimate of drug-likeness (QED) is 0.861. The first-order valence-corrected chi connectivity index (χ1v) is 9.64. The third-order valence-electron chi connectivity index (χ3n) is 3.93. The molecule has 1 aliphatic carbocycles. The summed E-state index contributed by atoms with van der Waals surface area (Å²) in [5.74, 6) is 0. The summed E-state index contributed by atoms with van der Waals surface area (Å²) in [7, 11) is -1.62. The molecule has 1 heterocycles. The Bertz CT molecular complexity index is 546. The zero-order valence-electron chi connectivity index (χ0n) is 12.0. The largest absolute Gasteiger partial charge is 0.352 e. The molecule has 0 radical (unpaired) electrons. The molecule has 0 amide bonds. The molecule has 114 valence electrons. The summed E-state index contributed by atoms with van der Waals surface area (Å²) in [4.78, 5) is 0.312. The second kappa shape index (κ2) is 6.51. The number of aromatic nitrogens is 1. The molecular weight excluding hydrogens is 294 g/mol. The topological polar surface area (TPSA) is 77.1 Å². The van der Waals surface area contributed by atoms with Crippen LogP contribution in [0.3, 0.4) is 0 Å². The predicted molar refractivity (Wildman–Crippen MR) is 83.2 cm³/mol. The number of hydrogen-bond acceptors (Lipinski definition) is 4. The Morgan fingerprint density at radius 3 is 2.55 bits per heavy atom. The maximum absolute atomic E-state index is 12.4. The van der Waals surface area contributed by atoms with E-state index in [9.17, 15) is 8.42 Å². The van der Waals surface area contributed by atoms with Gasteiger partial charge in [0.15, 0.2) is 0 Å². The predicted octanol–water partition coefficient (Wildman–Crippen LogP) is 1.44. The van der Waals surface area contributed by atoms with Crippen molar-refractivity contribution >= 4 is 21.8 Å². The first-order chi connectivity index (χ1) is 9.46. The molecule has 1 aromatic rings. The lowest BCUT2D eigenvalue weighted by atomic mass is 9.96. The van der Waals surface area contributed by atoms with E-state index in [-0.39, 0.29) is 6.04 Å². The zero-order chi connectivity index (χ0) is 14.8. The number of nitrogens with one attached hydrogen (secondary N) is 1. The van der Waals surface area contributed by atoms with Crippen LogP contribution in [0.15, 0.2) is 17.2 Å². The molecule has 1 aliphatic rings. The molecule has 2 rings (SSSR count). The number of rotatable bonds is 5. The maximum atomic E-state index is 12.4. The SMILES string of the molecule is CSC1CCC(NS(=O)(=O)c2cc(CN)n(C)c2)CC1. The third kappa shape index (κ3) is 3.58. The molecule has 1 saturated carbocycles. The fourth-order valence-electron chi connectivity index (χ4n) is 2.63. The minimum atomic E-state index is -3.43. The van der Waals surface area contributed by atoms with Crippen LogP contribution in [0.2, 0.25) is 0 Å². The lowest BCUT2D eigenvalue weighted by Gasteiger charge is -2.27. The third-order valence-corrected chi connectivity index (χ3v) is 6.56. The lowest BCUT2D eigenvalue weighted by molar-refractivity contribution is 0.420. The highest BCUT2D eigenvalue weighted by atomic mass is 32.2. The van der Waals surface area contributed by atoms with Gasteiger partial charge in [0.1, 0.15) is 0 Å². The molecule has 3 N–H and O–H groups in total. The van der Waals surface area contributed by atoms with Crippen LogP contribution in [-0.2, 0) is 23.6 Å². The average molecular weight is 317 g/mol. The van der Waals surface area contributed by atoms with Gasteiger partial charge in [-0.15, -0.1) is 0 Å². The van der Waals surface area contributed by atoms with Gasteiger partial charge in [-0.25, -0.2) is 13.1 Å². The second-order valence-corrected chi connectivity index (χ2v) is 8.16. The molecule has 5 nitrogen and oxygen atoms in total. The van der Waals surface area contributed by atoms with E-state index in [0.29, 0.717) is 16.7 Å². The number of sulfonamides is 1. The molecule has 0 unspecified atom stereocenters. The van der Waals surface area contributed by atoms with Crippen LogP contribution >= 0.6 is 11.8 Å². The van der Waals surface area contributed by atoms with Gasteiger partial charge in [-0.1, -0.05) is 0 Å². The Morgan fingerprint density at radius 2 is 2.05 bits per heavy atom. The van der Waals surface area contributed by atoms with E-state index >= 15 is 0 Å². The number of nitrogens with two attached hydrogens (primary N) is 1. The van der Waals surface area contributed by atoms with Crippen molar-refractivity contribution in [3.05, 3.63) is 18.0 Å². The number of aryl methyl sites for hydroxylation is 1. The average Bonchev–Trinajstić information content (AvgIpc) is 2.81. The van der Waals surface area contributed by atoms with Gasteiger partial charge >= 0.3 is 0 Å². The fourth-order valence-corrected chi connectivity index (χ4v) is 4.77. The summed E-state index contributed by atoms with van der Waals surface area (Å²) in [5.41, 5.74) is 6.40. The van der Waals surface area contributed by atoms with E-state index in [1.165, 1.54) is 0 Å². The van der Waals surface area contributed by atoms with E-state index < -0.39 is 10.0 Å². The molecule has 0 aliphatic heterocycles. The van der Waals surface area contributed by atoms with Crippen molar-refractivity contribution in [3.8, 4) is 0 Å². The van der Waals surface area contributed by atoms with Crippen LogP contribution < -0.4 is 10.5 Å². The lowest BCUT2D eigenvalue weighted by Crippen LogP contribution is -2.37. The minimum Gasteiger partial charge on any atom is -0.352 e. The van der Waals surface area contributed by atoms with Crippen molar-refractivity contribution in [3.63, 3.8) is 0 Å². The van der Waals surface area contributed by atoms with Gasteiger partial charge in [0.2, 0.25) is 10.0 Å². The van der Waals surface area contributed by atoms with Gasteiger partial charge in [-0.05, 0) is 38.0 Å². The highest BCUT2D eigenvalue weighted by Crippen LogP contribution is 2.27. The molecule has 0 spiro atoms. The van der Waals surface area contributed by atoms with E-state index in [4.69, 9.17) is 5.73 Å². The Kier molecular flexibility index (Phi) is 5.17. The standard InChI is InChI=1S/C13H23N3O2S2/c1-16-9-13(7-11(16)8-14)20(17,18)15-10-3-5-12(19-2)6-4-10/h7,9-10,12,15H,3-6,8,14H2,1-2H3. The normalized spacial score (nSPS) is 23.9. The van der Waals surface area contributed by atoms with E-state index in [0.717, 1.165) is 31.4 Å². The Balaban J connectivity index is 2.04. The van der Waals surface area contributed by atoms with E-state index in [1.807, 2.05) is 18.8 Å². The zero-order valence-corrected chi connectivity index (χ0v) is 13.6. The van der Waals surface area contributed by atoms with Crippen molar-refractivity contribution < 1.29 is 8.42 Å². The molecule has 0 bridgehead atoms. The smallest absolute Gasteiger partial charge is 0.242 e. The Morgan fingerprint density at radius 1 is 1.40 bits per heavy atom. The maximum Gasteiger partial charge on any atom is 0.242 e. The molecule has 7 heteroatoms. The molecule has 1 fully saturated rings. The van der Waals surface area contributed by atoms with Gasteiger partial charge in [-0.2, -0.15) is 11.8 Å². The number of thioether (sulfide) groups is 1. The summed E-state index contributed by atoms with van der Waals surface area (Å²) in [5, 5.41) is 0.677. The van der Waals surface area contributed by atoms with Crippen LogP contribution in [0.5, 0.6) is 0 Å². The van der Waals surface area contributed by atoms with Gasteiger partial charge in [0.05, 0.1) is 4.90 Å². The van der Waals surface area contributed by atoms with Crippen molar-refractivity contribution in [1.82, 2.24) is 9.29 Å². The van der Waals surface area contributed by atoms with Crippen LogP contribution in [0, 0.1) is 0 Å². The molecular formula is C13H23N3O2S2. The summed E-state index contributed by atoms with van der Waals surface area (Å²) in [6.45, 7) is 0.338. The summed E-state index contributed by atoms with van der Waals surface area (Å²) >= 11 is 1.88. The van der Waals surface area contributed by atoms with Crippen LogP contribution in [0.1, 0.15) is 31.4 Å². The highest BCUT2D eigenvalue weighted by Gasteiger charge is 2.26. The summed E-state index contributed by atoms with van der Waals surface area (Å²) < 4.78 is 29.3.